The van der Waals surface area contributed by atoms with Crippen LogP contribution < -0.4 is 0 Å². The molecule has 0 bridgehead atoms. The van der Waals surface area contributed by atoms with Crippen LogP contribution in [0.3, 0.4) is 0 Å². The number of nitrogens with zero attached hydrogens (tertiary/aromatic N) is 1. The molecular weight excluding hydrogens is 165 g/mol. The molecule has 1 fully saturated rings. The minimum Gasteiger partial charge on any atom is -0.164 e. The van der Waals surface area contributed by atoms with E-state index < -0.39 is 7.41 Å². The van der Waals surface area contributed by atoms with Gasteiger partial charge in [0.05, 0.1) is 27.4 Å². The molecule has 1 aliphatic heterocycles. The van der Waals surface area contributed by atoms with Gasteiger partial charge in [0.2, 0.25) is 0 Å². The van der Waals surface area contributed by atoms with Crippen LogP contribution in [0.4, 0.5) is 0 Å². The first kappa shape index (κ1) is 8.77. The molecule has 0 aromatic heterocycles. The SMILES string of the molecule is C[P+](C)(C)N1CCCC1Cl. The maximum Gasteiger partial charge on any atom is 0.118 e. The Morgan fingerprint density at radius 2 is 2.00 bits per heavy atom. The van der Waals surface area contributed by atoms with Crippen molar-refractivity contribution in [2.24, 2.45) is 0 Å². The second-order valence-corrected chi connectivity index (χ2v) is 8.58. The predicted octanol–water partition coefficient (Wildman–Crippen LogP) is 2.47. The Bertz CT molecular complexity index is 121. The van der Waals surface area contributed by atoms with Gasteiger partial charge in [-0.3, -0.25) is 0 Å². The van der Waals surface area contributed by atoms with Gasteiger partial charge < -0.3 is 0 Å². The van der Waals surface area contributed by atoms with E-state index in [1.54, 1.807) is 0 Å². The van der Waals surface area contributed by atoms with Crippen LogP contribution in [0.15, 0.2) is 0 Å². The van der Waals surface area contributed by atoms with Crippen LogP contribution in [0.2, 0.25) is 0 Å². The van der Waals surface area contributed by atoms with E-state index >= 15 is 0 Å². The zero-order valence-electron chi connectivity index (χ0n) is 6.97. The molecule has 1 saturated heterocycles. The molecule has 0 spiro atoms. The zero-order valence-corrected chi connectivity index (χ0v) is 8.62. The zero-order chi connectivity index (χ0) is 7.78. The normalized spacial score (nSPS) is 29.4. The summed E-state index contributed by atoms with van der Waals surface area (Å²) in [5.41, 5.74) is 0.327. The molecule has 1 atom stereocenters. The van der Waals surface area contributed by atoms with Gasteiger partial charge in [-0.2, -0.15) is 4.67 Å². The number of rotatable bonds is 1. The molecule has 0 radical (unpaired) electrons. The Labute approximate surface area is 69.1 Å². The highest BCUT2D eigenvalue weighted by Gasteiger charge is 2.37. The summed E-state index contributed by atoms with van der Waals surface area (Å²) in [5, 5.41) is 0. The van der Waals surface area contributed by atoms with Gasteiger partial charge in [0, 0.05) is 6.54 Å². The van der Waals surface area contributed by atoms with Crippen molar-refractivity contribution in [3.8, 4) is 0 Å². The lowest BCUT2D eigenvalue weighted by molar-refractivity contribution is 0.521. The molecule has 1 aliphatic rings. The minimum absolute atomic E-state index is 0.327. The summed E-state index contributed by atoms with van der Waals surface area (Å²) < 4.78 is 2.47. The summed E-state index contributed by atoms with van der Waals surface area (Å²) in [5.74, 6) is 0. The lowest BCUT2D eigenvalue weighted by atomic mass is 10.4. The molecule has 0 aliphatic carbocycles. The molecule has 0 saturated carbocycles. The second kappa shape index (κ2) is 2.97. The molecule has 0 aromatic rings. The van der Waals surface area contributed by atoms with Gasteiger partial charge in [0.25, 0.3) is 0 Å². The highest BCUT2D eigenvalue weighted by Crippen LogP contribution is 2.55. The maximum atomic E-state index is 6.12. The van der Waals surface area contributed by atoms with E-state index in [-0.39, 0.29) is 0 Å². The number of halogens is 1. The van der Waals surface area contributed by atoms with Crippen molar-refractivity contribution in [2.75, 3.05) is 26.5 Å². The van der Waals surface area contributed by atoms with Crippen molar-refractivity contribution >= 4 is 19.0 Å². The molecule has 0 aromatic carbocycles. The monoisotopic (exact) mass is 180 g/mol. The Morgan fingerprint density at radius 3 is 2.20 bits per heavy atom. The minimum atomic E-state index is -0.818. The molecule has 1 nitrogen and oxygen atoms in total. The lowest BCUT2D eigenvalue weighted by Crippen LogP contribution is -2.23. The molecule has 60 valence electrons. The Hall–Kier alpha value is 0.680. The molecule has 3 heteroatoms. The largest absolute Gasteiger partial charge is 0.164 e. The van der Waals surface area contributed by atoms with E-state index in [2.05, 4.69) is 24.7 Å². The van der Waals surface area contributed by atoms with E-state index in [0.717, 1.165) is 0 Å². The third-order valence-electron chi connectivity index (χ3n) is 1.92. The van der Waals surface area contributed by atoms with E-state index in [1.807, 2.05) is 0 Å². The first-order valence-electron chi connectivity index (χ1n) is 3.74. The molecule has 10 heavy (non-hydrogen) atoms. The van der Waals surface area contributed by atoms with Crippen LogP contribution in [0, 0.1) is 0 Å². The molecule has 1 rings (SSSR count). The van der Waals surface area contributed by atoms with E-state index in [1.165, 1.54) is 19.4 Å². The van der Waals surface area contributed by atoms with Gasteiger partial charge in [-0.15, -0.1) is 11.6 Å². The van der Waals surface area contributed by atoms with Crippen molar-refractivity contribution in [1.29, 1.82) is 0 Å². The quantitative estimate of drug-likeness (QED) is 0.341. The summed E-state index contributed by atoms with van der Waals surface area (Å²) in [6, 6.07) is 0. The summed E-state index contributed by atoms with van der Waals surface area (Å²) in [4.78, 5) is 0. The van der Waals surface area contributed by atoms with Gasteiger partial charge in [0.1, 0.15) is 5.50 Å². The number of hydrogen-bond donors (Lipinski definition) is 0. The first-order chi connectivity index (χ1) is 4.52. The van der Waals surface area contributed by atoms with Crippen molar-refractivity contribution in [3.63, 3.8) is 0 Å². The van der Waals surface area contributed by atoms with Gasteiger partial charge in [-0.1, -0.05) is 0 Å². The fourth-order valence-electron chi connectivity index (χ4n) is 1.39. The maximum absolute atomic E-state index is 6.12. The van der Waals surface area contributed by atoms with E-state index in [0.29, 0.717) is 5.50 Å². The van der Waals surface area contributed by atoms with Crippen molar-refractivity contribution in [3.05, 3.63) is 0 Å². The van der Waals surface area contributed by atoms with Gasteiger partial charge in [-0.05, 0) is 12.8 Å². The van der Waals surface area contributed by atoms with Crippen LogP contribution in [0.5, 0.6) is 0 Å². The first-order valence-corrected chi connectivity index (χ1v) is 7.26. The predicted molar refractivity (Wildman–Crippen MR) is 50.3 cm³/mol. The van der Waals surface area contributed by atoms with Crippen molar-refractivity contribution in [1.82, 2.24) is 4.67 Å². The molecular formula is C7H16ClNP+. The lowest BCUT2D eigenvalue weighted by Gasteiger charge is -2.26. The highest BCUT2D eigenvalue weighted by molar-refractivity contribution is 7.71. The van der Waals surface area contributed by atoms with E-state index in [9.17, 15) is 0 Å². The summed E-state index contributed by atoms with van der Waals surface area (Å²) in [6.07, 6.45) is 2.46. The summed E-state index contributed by atoms with van der Waals surface area (Å²) in [7, 11) is -0.818. The molecule has 1 heterocycles. The molecule has 0 amide bonds. The van der Waals surface area contributed by atoms with E-state index in [4.69, 9.17) is 11.6 Å². The third kappa shape index (κ3) is 1.84. The second-order valence-electron chi connectivity index (χ2n) is 3.68. The highest BCUT2D eigenvalue weighted by atomic mass is 35.5. The Kier molecular flexibility index (Phi) is 2.60. The van der Waals surface area contributed by atoms with Crippen LogP contribution in [0.1, 0.15) is 12.8 Å². The topological polar surface area (TPSA) is 3.24 Å². The third-order valence-corrected chi connectivity index (χ3v) is 4.53. The van der Waals surface area contributed by atoms with Gasteiger partial charge >= 0.3 is 0 Å². The Morgan fingerprint density at radius 1 is 1.40 bits per heavy atom. The Balaban J connectivity index is 2.55. The van der Waals surface area contributed by atoms with Crippen LogP contribution in [0.25, 0.3) is 0 Å². The van der Waals surface area contributed by atoms with Gasteiger partial charge in [-0.25, -0.2) is 0 Å². The molecule has 0 N–H and O–H groups in total. The molecule has 1 unspecified atom stereocenters. The van der Waals surface area contributed by atoms with Crippen molar-refractivity contribution in [2.45, 2.75) is 18.3 Å². The fourth-order valence-corrected chi connectivity index (χ4v) is 4.03. The average Bonchev–Trinajstić information content (AvgIpc) is 2.11. The summed E-state index contributed by atoms with van der Waals surface area (Å²) in [6.45, 7) is 8.19. The average molecular weight is 181 g/mol. The smallest absolute Gasteiger partial charge is 0.118 e. The standard InChI is InChI=1S/C7H16ClNP/c1-10(2,3)9-6-4-5-7(9)8/h7H,4-6H2,1-3H3/q+1. The van der Waals surface area contributed by atoms with Gasteiger partial charge in [0.15, 0.2) is 0 Å². The number of hydrogen-bond acceptors (Lipinski definition) is 1. The van der Waals surface area contributed by atoms with Crippen LogP contribution in [-0.4, -0.2) is 36.7 Å². The van der Waals surface area contributed by atoms with Crippen LogP contribution >= 0.6 is 19.0 Å². The van der Waals surface area contributed by atoms with Crippen molar-refractivity contribution < 1.29 is 0 Å². The summed E-state index contributed by atoms with van der Waals surface area (Å²) >= 11 is 6.12. The number of alkyl halides is 1. The fraction of sp³-hybridized carbons (Fsp3) is 1.00. The van der Waals surface area contributed by atoms with Crippen LogP contribution in [-0.2, 0) is 0 Å².